The molecule has 0 saturated heterocycles. The molecule has 0 spiro atoms. The summed E-state index contributed by atoms with van der Waals surface area (Å²) in [7, 11) is 1.62. The summed E-state index contributed by atoms with van der Waals surface area (Å²) in [5.41, 5.74) is 4.10. The van der Waals surface area contributed by atoms with Gasteiger partial charge in [0.25, 0.3) is 5.69 Å². The average Bonchev–Trinajstić information content (AvgIpc) is 2.94. The Morgan fingerprint density at radius 3 is 2.52 bits per heavy atom. The number of aryl methyl sites for hydroxylation is 1. The van der Waals surface area contributed by atoms with E-state index in [0.29, 0.717) is 0 Å². The normalized spacial score (nSPS) is 11.1. The number of benzene rings is 2. The third-order valence-electron chi connectivity index (χ3n) is 4.08. The standard InChI is InChI=1S/C19H17BrN4O3/c1-12-19(21-11-14-4-9-18(27-3)17(20)10-14)13(2)23(22-12)15-5-7-16(8-6-15)24(25)26/h4-11H,1-3H3. The second-order valence-corrected chi connectivity index (χ2v) is 6.71. The van der Waals surface area contributed by atoms with Gasteiger partial charge in [-0.3, -0.25) is 15.1 Å². The molecule has 0 bridgehead atoms. The van der Waals surface area contributed by atoms with Gasteiger partial charge in [-0.05, 0) is 65.7 Å². The number of aliphatic imine (C=N–C) groups is 1. The minimum atomic E-state index is -0.423. The first kappa shape index (κ1) is 18.8. The van der Waals surface area contributed by atoms with Gasteiger partial charge < -0.3 is 4.74 Å². The van der Waals surface area contributed by atoms with Gasteiger partial charge in [-0.2, -0.15) is 5.10 Å². The lowest BCUT2D eigenvalue weighted by Crippen LogP contribution is -1.99. The van der Waals surface area contributed by atoms with E-state index in [2.05, 4.69) is 26.0 Å². The molecule has 0 aliphatic heterocycles. The summed E-state index contributed by atoms with van der Waals surface area (Å²) in [6.45, 7) is 3.80. The van der Waals surface area contributed by atoms with Gasteiger partial charge in [0.1, 0.15) is 11.4 Å². The Morgan fingerprint density at radius 1 is 1.22 bits per heavy atom. The van der Waals surface area contributed by atoms with E-state index in [1.54, 1.807) is 30.1 Å². The van der Waals surface area contributed by atoms with E-state index >= 15 is 0 Å². The Hall–Kier alpha value is -3.00. The van der Waals surface area contributed by atoms with Crippen LogP contribution in [0, 0.1) is 24.0 Å². The highest BCUT2D eigenvalue weighted by molar-refractivity contribution is 9.10. The lowest BCUT2D eigenvalue weighted by Gasteiger charge is -2.04. The summed E-state index contributed by atoms with van der Waals surface area (Å²) in [6.07, 6.45) is 1.77. The molecule has 0 aliphatic rings. The molecule has 2 aromatic carbocycles. The zero-order valence-electron chi connectivity index (χ0n) is 15.0. The SMILES string of the molecule is COc1ccc(C=Nc2c(C)nn(-c3ccc([N+](=O)[O-])cc3)c2C)cc1Br. The molecule has 0 saturated carbocycles. The average molecular weight is 429 g/mol. The molecule has 0 N–H and O–H groups in total. The van der Waals surface area contributed by atoms with Crippen LogP contribution < -0.4 is 4.74 Å². The third-order valence-corrected chi connectivity index (χ3v) is 4.70. The minimum Gasteiger partial charge on any atom is -0.496 e. The largest absolute Gasteiger partial charge is 0.496 e. The molecule has 0 unspecified atom stereocenters. The number of methoxy groups -OCH3 is 1. The van der Waals surface area contributed by atoms with Crippen molar-refractivity contribution in [2.24, 2.45) is 4.99 Å². The van der Waals surface area contributed by atoms with Gasteiger partial charge in [-0.15, -0.1) is 0 Å². The van der Waals surface area contributed by atoms with Crippen molar-refractivity contribution in [3.63, 3.8) is 0 Å². The maximum atomic E-state index is 10.8. The van der Waals surface area contributed by atoms with Gasteiger partial charge in [0, 0.05) is 18.3 Å². The molecule has 1 aromatic heterocycles. The molecule has 8 heteroatoms. The molecule has 27 heavy (non-hydrogen) atoms. The van der Waals surface area contributed by atoms with Crippen LogP contribution in [-0.4, -0.2) is 28.0 Å². The molecule has 0 aliphatic carbocycles. The first-order valence-corrected chi connectivity index (χ1v) is 8.88. The highest BCUT2D eigenvalue weighted by atomic mass is 79.9. The van der Waals surface area contributed by atoms with Crippen molar-refractivity contribution in [2.75, 3.05) is 7.11 Å². The van der Waals surface area contributed by atoms with Crippen molar-refractivity contribution in [2.45, 2.75) is 13.8 Å². The Kier molecular flexibility index (Phi) is 5.36. The highest BCUT2D eigenvalue weighted by Crippen LogP contribution is 2.28. The maximum absolute atomic E-state index is 10.8. The van der Waals surface area contributed by atoms with Crippen molar-refractivity contribution in [3.05, 3.63) is 74.0 Å². The molecule has 1 heterocycles. The number of hydrogen-bond donors (Lipinski definition) is 0. The molecule has 0 atom stereocenters. The number of hydrogen-bond acceptors (Lipinski definition) is 5. The molecule has 0 fully saturated rings. The van der Waals surface area contributed by atoms with E-state index < -0.39 is 4.92 Å². The molecule has 0 radical (unpaired) electrons. The number of ether oxygens (including phenoxy) is 1. The third kappa shape index (κ3) is 3.90. The fourth-order valence-corrected chi connectivity index (χ4v) is 3.25. The lowest BCUT2D eigenvalue weighted by molar-refractivity contribution is -0.384. The van der Waals surface area contributed by atoms with Gasteiger partial charge in [0.2, 0.25) is 0 Å². The van der Waals surface area contributed by atoms with E-state index in [0.717, 1.165) is 38.5 Å². The molecule has 138 valence electrons. The first-order chi connectivity index (χ1) is 12.9. The van der Waals surface area contributed by atoms with Crippen LogP contribution in [0.2, 0.25) is 0 Å². The van der Waals surface area contributed by atoms with Gasteiger partial charge in [0.15, 0.2) is 0 Å². The summed E-state index contributed by atoms with van der Waals surface area (Å²) in [5, 5.41) is 15.3. The van der Waals surface area contributed by atoms with Crippen molar-refractivity contribution >= 4 is 33.5 Å². The quantitative estimate of drug-likeness (QED) is 0.328. The van der Waals surface area contributed by atoms with E-state index in [1.165, 1.54) is 12.1 Å². The van der Waals surface area contributed by atoms with E-state index in [-0.39, 0.29) is 5.69 Å². The minimum absolute atomic E-state index is 0.0450. The number of rotatable bonds is 5. The Labute approximate surface area is 164 Å². The fraction of sp³-hybridized carbons (Fsp3) is 0.158. The topological polar surface area (TPSA) is 82.5 Å². The second kappa shape index (κ2) is 7.71. The predicted octanol–water partition coefficient (Wildman–Crippen LogP) is 4.92. The van der Waals surface area contributed by atoms with Gasteiger partial charge >= 0.3 is 0 Å². The van der Waals surface area contributed by atoms with Crippen LogP contribution in [-0.2, 0) is 0 Å². The summed E-state index contributed by atoms with van der Waals surface area (Å²) >= 11 is 3.46. The summed E-state index contributed by atoms with van der Waals surface area (Å²) in [5.74, 6) is 0.755. The van der Waals surface area contributed by atoms with Crippen molar-refractivity contribution < 1.29 is 9.66 Å². The van der Waals surface area contributed by atoms with Gasteiger partial charge in [-0.1, -0.05) is 0 Å². The summed E-state index contributed by atoms with van der Waals surface area (Å²) in [6, 6.07) is 12.0. The fourth-order valence-electron chi connectivity index (χ4n) is 2.69. The van der Waals surface area contributed by atoms with Crippen molar-refractivity contribution in [1.29, 1.82) is 0 Å². The van der Waals surface area contributed by atoms with E-state index in [4.69, 9.17) is 4.74 Å². The molecule has 0 amide bonds. The molecular weight excluding hydrogens is 412 g/mol. The van der Waals surface area contributed by atoms with Crippen LogP contribution in [0.3, 0.4) is 0 Å². The maximum Gasteiger partial charge on any atom is 0.269 e. The number of non-ortho nitro benzene ring substituents is 1. The Balaban J connectivity index is 1.91. The van der Waals surface area contributed by atoms with Gasteiger partial charge in [-0.25, -0.2) is 4.68 Å². The highest BCUT2D eigenvalue weighted by Gasteiger charge is 2.13. The molecule has 7 nitrogen and oxygen atoms in total. The number of nitrogens with zero attached hydrogens (tertiary/aromatic N) is 4. The number of nitro benzene ring substituents is 1. The van der Waals surface area contributed by atoms with Crippen LogP contribution in [0.25, 0.3) is 5.69 Å². The number of nitro groups is 1. The number of aromatic nitrogens is 2. The summed E-state index contributed by atoms with van der Waals surface area (Å²) < 4.78 is 7.81. The Morgan fingerprint density at radius 2 is 1.93 bits per heavy atom. The molecule has 3 aromatic rings. The first-order valence-electron chi connectivity index (χ1n) is 8.09. The lowest BCUT2D eigenvalue weighted by atomic mass is 10.2. The second-order valence-electron chi connectivity index (χ2n) is 5.86. The van der Waals surface area contributed by atoms with Crippen LogP contribution in [0.1, 0.15) is 17.0 Å². The van der Waals surface area contributed by atoms with Crippen molar-refractivity contribution in [1.82, 2.24) is 9.78 Å². The van der Waals surface area contributed by atoms with Crippen LogP contribution in [0.5, 0.6) is 5.75 Å². The van der Waals surface area contributed by atoms with E-state index in [9.17, 15) is 10.1 Å². The smallest absolute Gasteiger partial charge is 0.269 e. The van der Waals surface area contributed by atoms with E-state index in [1.807, 2.05) is 32.0 Å². The van der Waals surface area contributed by atoms with Crippen LogP contribution in [0.15, 0.2) is 51.9 Å². The van der Waals surface area contributed by atoms with Crippen LogP contribution >= 0.6 is 15.9 Å². The monoisotopic (exact) mass is 428 g/mol. The summed E-state index contributed by atoms with van der Waals surface area (Å²) in [4.78, 5) is 15.0. The predicted molar refractivity (Wildman–Crippen MR) is 108 cm³/mol. The number of halogens is 1. The van der Waals surface area contributed by atoms with Gasteiger partial charge in [0.05, 0.1) is 33.6 Å². The molecular formula is C19H17BrN4O3. The zero-order valence-corrected chi connectivity index (χ0v) is 16.6. The van der Waals surface area contributed by atoms with Crippen LogP contribution in [0.4, 0.5) is 11.4 Å². The molecule has 3 rings (SSSR count). The van der Waals surface area contributed by atoms with Crippen molar-refractivity contribution in [3.8, 4) is 11.4 Å². The zero-order chi connectivity index (χ0) is 19.6. The Bertz CT molecular complexity index is 1030.